The number of nitrogens with zero attached hydrogens (tertiary/aromatic N) is 3. The van der Waals surface area contributed by atoms with Crippen molar-refractivity contribution in [3.63, 3.8) is 0 Å². The number of benzene rings is 1. The summed E-state index contributed by atoms with van der Waals surface area (Å²) in [6.45, 7) is 15.8. The highest BCUT2D eigenvalue weighted by Crippen LogP contribution is 2.37. The van der Waals surface area contributed by atoms with Crippen molar-refractivity contribution in [2.24, 2.45) is 5.92 Å². The van der Waals surface area contributed by atoms with Crippen molar-refractivity contribution in [3.8, 4) is 0 Å². The van der Waals surface area contributed by atoms with Gasteiger partial charge in [-0.25, -0.2) is 17.9 Å². The van der Waals surface area contributed by atoms with Crippen molar-refractivity contribution in [1.29, 1.82) is 0 Å². The minimum Gasteiger partial charge on any atom is -0.398 e. The number of halogens is 3. The molecule has 38 heavy (non-hydrogen) atoms. The summed E-state index contributed by atoms with van der Waals surface area (Å²) in [6, 6.07) is 4.66. The fraction of sp³-hybridized carbons (Fsp3) is 0.615. The van der Waals surface area contributed by atoms with Crippen LogP contribution in [-0.2, 0) is 32.0 Å². The van der Waals surface area contributed by atoms with Gasteiger partial charge in [0.1, 0.15) is 12.5 Å². The number of hydrogen-bond donors (Lipinski definition) is 0. The lowest BCUT2D eigenvalue weighted by molar-refractivity contribution is -0.120. The summed E-state index contributed by atoms with van der Waals surface area (Å²) < 4.78 is 60.8. The van der Waals surface area contributed by atoms with Crippen molar-refractivity contribution in [2.75, 3.05) is 18.1 Å². The van der Waals surface area contributed by atoms with Crippen LogP contribution in [0.25, 0.3) is 0 Å². The molecule has 2 aliphatic heterocycles. The smallest absolute Gasteiger partial charge is 0.398 e. The maximum Gasteiger partial charge on any atom is 0.516 e. The number of aromatic nitrogens is 2. The lowest BCUT2D eigenvalue weighted by Crippen LogP contribution is -2.41. The molecule has 2 aliphatic rings. The van der Waals surface area contributed by atoms with E-state index in [-0.39, 0.29) is 24.6 Å². The molecule has 1 atom stereocenters. The van der Waals surface area contributed by atoms with Crippen LogP contribution in [0.3, 0.4) is 0 Å². The molecule has 0 radical (unpaired) electrons. The lowest BCUT2D eigenvalue weighted by atomic mass is 9.85. The van der Waals surface area contributed by atoms with Crippen molar-refractivity contribution in [1.82, 2.24) is 9.78 Å². The Bertz CT molecular complexity index is 1160. The topological polar surface area (TPSA) is 65.8 Å². The largest absolute Gasteiger partial charge is 0.516 e. The first-order chi connectivity index (χ1) is 17.6. The van der Waals surface area contributed by atoms with Crippen molar-refractivity contribution >= 4 is 32.5 Å². The van der Waals surface area contributed by atoms with Gasteiger partial charge >= 0.3 is 7.12 Å². The molecule has 7 nitrogen and oxygen atoms in total. The van der Waals surface area contributed by atoms with Crippen LogP contribution in [0.15, 0.2) is 18.2 Å². The highest BCUT2D eigenvalue weighted by atomic mass is 28.3. The van der Waals surface area contributed by atoms with E-state index in [0.717, 1.165) is 18.2 Å². The zero-order chi connectivity index (χ0) is 28.0. The van der Waals surface area contributed by atoms with Gasteiger partial charge in [-0.1, -0.05) is 19.6 Å². The molecule has 0 aliphatic carbocycles. The second kappa shape index (κ2) is 10.4. The van der Waals surface area contributed by atoms with E-state index in [1.165, 1.54) is 0 Å². The summed E-state index contributed by atoms with van der Waals surface area (Å²) in [6.07, 6.45) is 0.585. The second-order valence-corrected chi connectivity index (χ2v) is 18.0. The molecular weight excluding hydrogens is 514 g/mol. The predicted molar refractivity (Wildman–Crippen MR) is 143 cm³/mol. The van der Waals surface area contributed by atoms with Gasteiger partial charge in [0.05, 0.1) is 16.8 Å². The molecule has 2 aromatic rings. The Morgan fingerprint density at radius 2 is 1.68 bits per heavy atom. The first-order valence-corrected chi connectivity index (χ1v) is 16.7. The zero-order valence-corrected chi connectivity index (χ0v) is 24.2. The van der Waals surface area contributed by atoms with Crippen LogP contribution < -0.4 is 10.5 Å². The molecular formula is C26H37BF3N3O4Si. The molecule has 0 saturated carbocycles. The van der Waals surface area contributed by atoms with Gasteiger partial charge in [-0.15, -0.1) is 0 Å². The third kappa shape index (κ3) is 6.03. The molecule has 1 amide bonds. The molecule has 0 spiro atoms. The quantitative estimate of drug-likeness (QED) is 0.261. The number of anilines is 1. The van der Waals surface area contributed by atoms with Crippen LogP contribution in [0.4, 0.5) is 19.0 Å². The van der Waals surface area contributed by atoms with Crippen LogP contribution in [0.5, 0.6) is 0 Å². The molecule has 2 fully saturated rings. The number of hydrogen-bond acceptors (Lipinski definition) is 5. The van der Waals surface area contributed by atoms with Gasteiger partial charge in [0, 0.05) is 33.2 Å². The highest BCUT2D eigenvalue weighted by molar-refractivity contribution is 6.76. The van der Waals surface area contributed by atoms with Crippen molar-refractivity contribution in [3.05, 3.63) is 41.2 Å². The molecule has 12 heteroatoms. The van der Waals surface area contributed by atoms with Crippen LogP contribution in [-0.4, -0.2) is 55.2 Å². The van der Waals surface area contributed by atoms with Gasteiger partial charge in [0.2, 0.25) is 5.91 Å². The van der Waals surface area contributed by atoms with Crippen LogP contribution in [0.2, 0.25) is 25.7 Å². The average Bonchev–Trinajstić information content (AvgIpc) is 3.43. The van der Waals surface area contributed by atoms with E-state index in [1.54, 1.807) is 15.6 Å². The third-order valence-electron chi connectivity index (χ3n) is 7.60. The number of carbonyl (C=O) groups excluding carboxylic acids is 1. The molecule has 1 unspecified atom stereocenters. The molecule has 208 valence electrons. The van der Waals surface area contributed by atoms with Crippen molar-refractivity contribution in [2.45, 2.75) is 84.2 Å². The SMILES string of the molecule is CC1(C)OB(c2cc(N3CCC(Cc4cc(F)c(F)c(F)c4)C3=O)n(COCC[Si](C)(C)C)n2)OC1(C)C. The highest BCUT2D eigenvalue weighted by Gasteiger charge is 2.53. The molecule has 0 N–H and O–H groups in total. The Morgan fingerprint density at radius 1 is 1.08 bits per heavy atom. The summed E-state index contributed by atoms with van der Waals surface area (Å²) in [7, 11) is -2.00. The fourth-order valence-corrected chi connectivity index (χ4v) is 5.27. The Kier molecular flexibility index (Phi) is 7.93. The van der Waals surface area contributed by atoms with Crippen LogP contribution in [0, 0.1) is 23.4 Å². The Hall–Kier alpha value is -2.15. The standard InChI is InChI=1S/C26H37BF3N3O4Si/c1-25(2)26(3,4)37-27(36-25)21-15-22(33(31-21)16-35-10-11-38(5,6)7)32-9-8-18(24(32)34)12-17-13-19(28)23(30)20(29)14-17/h13-15,18H,8-12,16H2,1-7H3. The maximum atomic E-state index is 13.7. The molecule has 1 aromatic heterocycles. The zero-order valence-electron chi connectivity index (χ0n) is 23.2. The van der Waals surface area contributed by atoms with E-state index >= 15 is 0 Å². The number of ether oxygens (including phenoxy) is 1. The Morgan fingerprint density at radius 3 is 2.26 bits per heavy atom. The number of carbonyl (C=O) groups is 1. The Balaban J connectivity index is 1.55. The first-order valence-electron chi connectivity index (χ1n) is 13.0. The first kappa shape index (κ1) is 28.8. The molecule has 4 rings (SSSR count). The average molecular weight is 551 g/mol. The van der Waals surface area contributed by atoms with E-state index in [4.69, 9.17) is 19.1 Å². The molecule has 3 heterocycles. The van der Waals surface area contributed by atoms with E-state index in [9.17, 15) is 18.0 Å². The molecule has 0 bridgehead atoms. The summed E-state index contributed by atoms with van der Waals surface area (Å²) in [5, 5.41) is 4.70. The van der Waals surface area contributed by atoms with E-state index in [2.05, 4.69) is 19.6 Å². The van der Waals surface area contributed by atoms with Gasteiger partial charge in [0.15, 0.2) is 17.5 Å². The fourth-order valence-electron chi connectivity index (χ4n) is 4.51. The van der Waals surface area contributed by atoms with Gasteiger partial charge < -0.3 is 14.0 Å². The van der Waals surface area contributed by atoms with Crippen molar-refractivity contribution < 1.29 is 32.0 Å². The second-order valence-electron chi connectivity index (χ2n) is 12.4. The Labute approximate surface area is 223 Å². The number of amides is 1. The minimum atomic E-state index is -1.51. The van der Waals surface area contributed by atoms with E-state index in [1.807, 2.05) is 27.7 Å². The lowest BCUT2D eigenvalue weighted by Gasteiger charge is -2.32. The van der Waals surface area contributed by atoms with Gasteiger partial charge in [0.25, 0.3) is 0 Å². The van der Waals surface area contributed by atoms with Gasteiger partial charge in [-0.3, -0.25) is 9.69 Å². The van der Waals surface area contributed by atoms with Crippen LogP contribution >= 0.6 is 0 Å². The van der Waals surface area contributed by atoms with E-state index in [0.29, 0.717) is 31.0 Å². The van der Waals surface area contributed by atoms with Gasteiger partial charge in [-0.05, 0) is 64.3 Å². The maximum absolute atomic E-state index is 13.7. The van der Waals surface area contributed by atoms with Gasteiger partial charge in [-0.2, -0.15) is 5.10 Å². The number of rotatable bonds is 9. The monoisotopic (exact) mass is 551 g/mol. The summed E-state index contributed by atoms with van der Waals surface area (Å²) in [4.78, 5) is 15.0. The summed E-state index contributed by atoms with van der Waals surface area (Å²) in [5.41, 5.74) is -0.331. The predicted octanol–water partition coefficient (Wildman–Crippen LogP) is 4.51. The normalized spacial score (nSPS) is 21.1. The third-order valence-corrected chi connectivity index (χ3v) is 9.31. The molecule has 2 saturated heterocycles. The summed E-state index contributed by atoms with van der Waals surface area (Å²) in [5.74, 6) is -4.19. The minimum absolute atomic E-state index is 0.106. The van der Waals surface area contributed by atoms with Crippen LogP contribution in [0.1, 0.15) is 39.7 Å². The van der Waals surface area contributed by atoms with E-state index < -0.39 is 49.8 Å². The molecule has 1 aromatic carbocycles. The summed E-state index contributed by atoms with van der Waals surface area (Å²) >= 11 is 0.